The first kappa shape index (κ1) is 15.8. The number of carbonyl (C=O) groups excluding carboxylic acids is 1. The van der Waals surface area contributed by atoms with Gasteiger partial charge in [-0.15, -0.1) is 0 Å². The summed E-state index contributed by atoms with van der Waals surface area (Å²) in [5, 5.41) is 6.22. The molecule has 1 heterocycles. The molecular weight excluding hydrogens is 271 g/mol. The van der Waals surface area contributed by atoms with E-state index >= 15 is 0 Å². The first-order valence-electron chi connectivity index (χ1n) is 7.60. The molecule has 1 saturated heterocycles. The molecule has 0 radical (unpaired) electrons. The third kappa shape index (κ3) is 3.53. The summed E-state index contributed by atoms with van der Waals surface area (Å²) >= 11 is 0. The van der Waals surface area contributed by atoms with E-state index < -0.39 is 5.54 Å². The first-order chi connectivity index (χ1) is 10.1. The van der Waals surface area contributed by atoms with E-state index in [4.69, 9.17) is 4.74 Å². The zero-order valence-electron chi connectivity index (χ0n) is 12.7. The molecule has 1 aromatic carbocycles. The lowest BCUT2D eigenvalue weighted by Crippen LogP contribution is -2.50. The van der Waals surface area contributed by atoms with Crippen molar-refractivity contribution < 1.29 is 13.9 Å². The molecule has 0 aliphatic carbocycles. The molecule has 21 heavy (non-hydrogen) atoms. The van der Waals surface area contributed by atoms with Crippen LogP contribution in [0.15, 0.2) is 18.2 Å². The Kier molecular flexibility index (Phi) is 5.17. The maximum Gasteiger partial charge on any atom is 0.244 e. The molecule has 1 amide bonds. The summed E-state index contributed by atoms with van der Waals surface area (Å²) in [6, 6.07) is 4.17. The van der Waals surface area contributed by atoms with Gasteiger partial charge in [-0.05, 0) is 44.9 Å². The smallest absolute Gasteiger partial charge is 0.244 e. The second-order valence-electron chi connectivity index (χ2n) is 5.39. The molecule has 1 fully saturated rings. The Morgan fingerprint density at radius 3 is 2.90 bits per heavy atom. The van der Waals surface area contributed by atoms with Crippen LogP contribution in [-0.2, 0) is 4.79 Å². The van der Waals surface area contributed by atoms with Crippen molar-refractivity contribution in [3.63, 3.8) is 0 Å². The molecule has 5 heteroatoms. The predicted octanol–water partition coefficient (Wildman–Crippen LogP) is 3.09. The third-order valence-corrected chi connectivity index (χ3v) is 3.85. The number of benzene rings is 1. The van der Waals surface area contributed by atoms with E-state index in [1.807, 2.05) is 6.92 Å². The molecule has 1 unspecified atom stereocenters. The van der Waals surface area contributed by atoms with Gasteiger partial charge in [0.2, 0.25) is 5.91 Å². The van der Waals surface area contributed by atoms with E-state index in [2.05, 4.69) is 17.6 Å². The van der Waals surface area contributed by atoms with E-state index in [1.165, 1.54) is 12.1 Å². The number of halogens is 1. The Balaban J connectivity index is 2.18. The average Bonchev–Trinajstić information content (AvgIpc) is 2.92. The zero-order chi connectivity index (χ0) is 15.3. The van der Waals surface area contributed by atoms with E-state index in [9.17, 15) is 9.18 Å². The number of carbonyl (C=O) groups is 1. The highest BCUT2D eigenvalue weighted by Gasteiger charge is 2.40. The van der Waals surface area contributed by atoms with E-state index in [1.54, 1.807) is 6.07 Å². The van der Waals surface area contributed by atoms with Gasteiger partial charge in [0.15, 0.2) is 0 Å². The molecule has 1 aliphatic heterocycles. The Hall–Kier alpha value is -1.62. The summed E-state index contributed by atoms with van der Waals surface area (Å²) in [4.78, 5) is 12.6. The topological polar surface area (TPSA) is 50.4 Å². The summed E-state index contributed by atoms with van der Waals surface area (Å²) in [5.41, 5.74) is 0.0134. The number of nitrogens with one attached hydrogen (secondary N) is 2. The van der Waals surface area contributed by atoms with Gasteiger partial charge in [0.1, 0.15) is 11.6 Å². The molecule has 1 aliphatic rings. The van der Waals surface area contributed by atoms with Gasteiger partial charge in [-0.3, -0.25) is 4.79 Å². The minimum Gasteiger partial charge on any atom is -0.492 e. The Morgan fingerprint density at radius 2 is 2.29 bits per heavy atom. The third-order valence-electron chi connectivity index (χ3n) is 3.85. The highest BCUT2D eigenvalue weighted by molar-refractivity contribution is 5.99. The Morgan fingerprint density at radius 1 is 1.48 bits per heavy atom. The van der Waals surface area contributed by atoms with Crippen LogP contribution in [0.5, 0.6) is 5.75 Å². The number of rotatable bonds is 6. The molecule has 0 aromatic heterocycles. The number of ether oxygens (including phenoxy) is 1. The predicted molar refractivity (Wildman–Crippen MR) is 81.1 cm³/mol. The van der Waals surface area contributed by atoms with Crippen LogP contribution in [0.25, 0.3) is 0 Å². The lowest BCUT2D eigenvalue weighted by molar-refractivity contribution is -0.122. The van der Waals surface area contributed by atoms with Gasteiger partial charge in [-0.25, -0.2) is 4.39 Å². The standard InChI is InChI=1S/C16H23FN2O2/c1-3-8-16(9-5-10-18-16)15(20)19-13-7-6-12(17)11-14(13)21-4-2/h6-7,11,18H,3-5,8-10H2,1-2H3,(H,19,20). The van der Waals surface area contributed by atoms with Gasteiger partial charge in [0, 0.05) is 6.07 Å². The summed E-state index contributed by atoms with van der Waals surface area (Å²) in [6.45, 7) is 5.17. The van der Waals surface area contributed by atoms with Crippen molar-refractivity contribution >= 4 is 11.6 Å². The molecule has 2 N–H and O–H groups in total. The monoisotopic (exact) mass is 294 g/mol. The van der Waals surface area contributed by atoms with Gasteiger partial charge >= 0.3 is 0 Å². The largest absolute Gasteiger partial charge is 0.492 e. The highest BCUT2D eigenvalue weighted by Crippen LogP contribution is 2.30. The lowest BCUT2D eigenvalue weighted by atomic mass is 9.90. The molecule has 116 valence electrons. The van der Waals surface area contributed by atoms with Crippen molar-refractivity contribution in [3.05, 3.63) is 24.0 Å². The molecule has 2 rings (SSSR count). The van der Waals surface area contributed by atoms with Gasteiger partial charge < -0.3 is 15.4 Å². The molecule has 0 spiro atoms. The number of amides is 1. The number of hydrogen-bond donors (Lipinski definition) is 2. The van der Waals surface area contributed by atoms with Crippen LogP contribution in [0.4, 0.5) is 10.1 Å². The summed E-state index contributed by atoms with van der Waals surface area (Å²) in [6.07, 6.45) is 3.55. The van der Waals surface area contributed by atoms with Crippen molar-refractivity contribution in [2.45, 2.75) is 45.1 Å². The average molecular weight is 294 g/mol. The first-order valence-corrected chi connectivity index (χ1v) is 7.60. The minimum absolute atomic E-state index is 0.0607. The van der Waals surface area contributed by atoms with Crippen molar-refractivity contribution in [1.29, 1.82) is 0 Å². The fourth-order valence-corrected chi connectivity index (χ4v) is 2.87. The van der Waals surface area contributed by atoms with Gasteiger partial charge in [0.25, 0.3) is 0 Å². The zero-order valence-corrected chi connectivity index (χ0v) is 12.7. The summed E-state index contributed by atoms with van der Waals surface area (Å²) in [7, 11) is 0. The number of anilines is 1. The molecule has 1 aromatic rings. The van der Waals surface area contributed by atoms with Crippen LogP contribution in [0.1, 0.15) is 39.5 Å². The van der Waals surface area contributed by atoms with Crippen molar-refractivity contribution in [1.82, 2.24) is 5.32 Å². The van der Waals surface area contributed by atoms with Gasteiger partial charge in [0.05, 0.1) is 17.8 Å². The maximum absolute atomic E-state index is 13.3. The fraction of sp³-hybridized carbons (Fsp3) is 0.562. The lowest BCUT2D eigenvalue weighted by Gasteiger charge is -2.28. The van der Waals surface area contributed by atoms with Crippen LogP contribution >= 0.6 is 0 Å². The van der Waals surface area contributed by atoms with Crippen molar-refractivity contribution in [3.8, 4) is 5.75 Å². The minimum atomic E-state index is -0.507. The van der Waals surface area contributed by atoms with Gasteiger partial charge in [-0.1, -0.05) is 13.3 Å². The molecular formula is C16H23FN2O2. The van der Waals surface area contributed by atoms with Crippen LogP contribution < -0.4 is 15.4 Å². The quantitative estimate of drug-likeness (QED) is 0.847. The molecule has 0 bridgehead atoms. The Labute approximate surface area is 125 Å². The highest BCUT2D eigenvalue weighted by atomic mass is 19.1. The van der Waals surface area contributed by atoms with Crippen LogP contribution in [0.2, 0.25) is 0 Å². The maximum atomic E-state index is 13.3. The Bertz CT molecular complexity index is 499. The summed E-state index contributed by atoms with van der Waals surface area (Å²) < 4.78 is 18.7. The van der Waals surface area contributed by atoms with Crippen LogP contribution in [0.3, 0.4) is 0 Å². The molecule has 4 nitrogen and oxygen atoms in total. The van der Waals surface area contributed by atoms with Crippen LogP contribution in [-0.4, -0.2) is 24.6 Å². The molecule has 0 saturated carbocycles. The fourth-order valence-electron chi connectivity index (χ4n) is 2.87. The second kappa shape index (κ2) is 6.89. The van der Waals surface area contributed by atoms with Crippen LogP contribution in [0, 0.1) is 5.82 Å². The van der Waals surface area contributed by atoms with E-state index in [0.717, 1.165) is 32.2 Å². The van der Waals surface area contributed by atoms with E-state index in [-0.39, 0.29) is 11.7 Å². The normalized spacial score (nSPS) is 21.3. The van der Waals surface area contributed by atoms with E-state index in [0.29, 0.717) is 18.0 Å². The van der Waals surface area contributed by atoms with Crippen molar-refractivity contribution in [2.24, 2.45) is 0 Å². The second-order valence-corrected chi connectivity index (χ2v) is 5.39. The summed E-state index contributed by atoms with van der Waals surface area (Å²) in [5.74, 6) is -0.0661. The van der Waals surface area contributed by atoms with Gasteiger partial charge in [-0.2, -0.15) is 0 Å². The van der Waals surface area contributed by atoms with Crippen molar-refractivity contribution in [2.75, 3.05) is 18.5 Å². The SMILES string of the molecule is CCCC1(C(=O)Nc2ccc(F)cc2OCC)CCCN1. The number of hydrogen-bond acceptors (Lipinski definition) is 3. The molecule has 1 atom stereocenters.